The number of carboxylic acid groups (broad SMARTS) is 1. The third kappa shape index (κ3) is 2.74. The Morgan fingerprint density at radius 1 is 1.14 bits per heavy atom. The van der Waals surface area contributed by atoms with Crippen LogP contribution in [0.15, 0.2) is 59.0 Å². The number of hydrogen-bond donors (Lipinski definition) is 1. The van der Waals surface area contributed by atoms with E-state index in [9.17, 15) is 4.79 Å². The minimum atomic E-state index is -0.996. The number of carbonyl (C=O) groups is 1. The molecule has 3 rings (SSSR count). The van der Waals surface area contributed by atoms with Gasteiger partial charge < -0.3 is 14.3 Å². The predicted octanol–water partition coefficient (Wildman–Crippen LogP) is 3.95. The molecule has 1 N–H and O–H groups in total. The van der Waals surface area contributed by atoms with Crippen LogP contribution in [0.2, 0.25) is 0 Å². The van der Waals surface area contributed by atoms with Gasteiger partial charge in [0.1, 0.15) is 17.1 Å². The first-order valence-electron chi connectivity index (χ1n) is 6.62. The van der Waals surface area contributed by atoms with Crippen molar-refractivity contribution < 1.29 is 19.1 Å². The maximum absolute atomic E-state index is 10.8. The molecule has 0 aliphatic heterocycles. The molecular weight excluding hydrogens is 268 g/mol. The molecule has 0 radical (unpaired) electrons. The van der Waals surface area contributed by atoms with Gasteiger partial charge in [0.2, 0.25) is 0 Å². The summed E-state index contributed by atoms with van der Waals surface area (Å²) in [6.45, 7) is 1.50. The number of benzene rings is 2. The zero-order chi connectivity index (χ0) is 14.8. The monoisotopic (exact) mass is 282 g/mol. The maximum Gasteiger partial charge on any atom is 0.344 e. The molecule has 1 aromatic heterocycles. The van der Waals surface area contributed by atoms with Crippen molar-refractivity contribution in [2.24, 2.45) is 0 Å². The van der Waals surface area contributed by atoms with Gasteiger partial charge in [-0.2, -0.15) is 0 Å². The SMILES string of the molecule is CC(Oc1cccc(-c2cc3ccccc3o2)c1)C(=O)O. The van der Waals surface area contributed by atoms with Crippen LogP contribution >= 0.6 is 0 Å². The first-order valence-corrected chi connectivity index (χ1v) is 6.62. The van der Waals surface area contributed by atoms with E-state index in [2.05, 4.69) is 0 Å². The summed E-state index contributed by atoms with van der Waals surface area (Å²) >= 11 is 0. The Balaban J connectivity index is 1.93. The van der Waals surface area contributed by atoms with E-state index in [0.29, 0.717) is 5.75 Å². The Morgan fingerprint density at radius 3 is 2.71 bits per heavy atom. The Morgan fingerprint density at radius 2 is 1.95 bits per heavy atom. The Hall–Kier alpha value is -2.75. The number of furan rings is 1. The van der Waals surface area contributed by atoms with Crippen molar-refractivity contribution in [1.82, 2.24) is 0 Å². The summed E-state index contributed by atoms with van der Waals surface area (Å²) < 4.78 is 11.2. The summed E-state index contributed by atoms with van der Waals surface area (Å²) in [4.78, 5) is 10.8. The van der Waals surface area contributed by atoms with E-state index in [1.54, 1.807) is 12.1 Å². The minimum absolute atomic E-state index is 0.503. The van der Waals surface area contributed by atoms with Crippen LogP contribution in [0.25, 0.3) is 22.3 Å². The van der Waals surface area contributed by atoms with E-state index in [1.807, 2.05) is 42.5 Å². The van der Waals surface area contributed by atoms with Gasteiger partial charge in [0.15, 0.2) is 6.10 Å². The summed E-state index contributed by atoms with van der Waals surface area (Å²) in [5.41, 5.74) is 1.67. The summed E-state index contributed by atoms with van der Waals surface area (Å²) in [6, 6.07) is 16.9. The highest BCUT2D eigenvalue weighted by molar-refractivity contribution is 5.82. The summed E-state index contributed by atoms with van der Waals surface area (Å²) in [7, 11) is 0. The van der Waals surface area contributed by atoms with E-state index in [0.717, 1.165) is 22.3 Å². The molecule has 1 unspecified atom stereocenters. The van der Waals surface area contributed by atoms with E-state index in [4.69, 9.17) is 14.3 Å². The van der Waals surface area contributed by atoms with Gasteiger partial charge in [0.05, 0.1) is 0 Å². The van der Waals surface area contributed by atoms with Crippen LogP contribution < -0.4 is 4.74 Å². The van der Waals surface area contributed by atoms with Crippen molar-refractivity contribution in [2.45, 2.75) is 13.0 Å². The quantitative estimate of drug-likeness (QED) is 0.787. The van der Waals surface area contributed by atoms with Gasteiger partial charge in [0.25, 0.3) is 0 Å². The summed E-state index contributed by atoms with van der Waals surface area (Å²) in [5, 5.41) is 9.91. The first kappa shape index (κ1) is 13.2. The van der Waals surface area contributed by atoms with Crippen LogP contribution in [-0.2, 0) is 4.79 Å². The average molecular weight is 282 g/mol. The summed E-state index contributed by atoms with van der Waals surface area (Å²) in [6.07, 6.45) is -0.893. The van der Waals surface area contributed by atoms with Crippen LogP contribution in [0.4, 0.5) is 0 Å². The van der Waals surface area contributed by atoms with Gasteiger partial charge >= 0.3 is 5.97 Å². The molecule has 0 spiro atoms. The average Bonchev–Trinajstić information content (AvgIpc) is 2.91. The number of fused-ring (bicyclic) bond motifs is 1. The van der Waals surface area contributed by atoms with E-state index in [-0.39, 0.29) is 0 Å². The predicted molar refractivity (Wildman–Crippen MR) is 79.4 cm³/mol. The van der Waals surface area contributed by atoms with Crippen LogP contribution in [0.5, 0.6) is 5.75 Å². The normalized spacial score (nSPS) is 12.2. The minimum Gasteiger partial charge on any atom is -0.479 e. The van der Waals surface area contributed by atoms with Crippen molar-refractivity contribution in [3.05, 3.63) is 54.6 Å². The fourth-order valence-corrected chi connectivity index (χ4v) is 2.10. The molecule has 21 heavy (non-hydrogen) atoms. The standard InChI is InChI=1S/C17H14O4/c1-11(17(18)19)20-14-7-4-6-12(9-14)16-10-13-5-2-3-8-15(13)21-16/h2-11H,1H3,(H,18,19). The van der Waals surface area contributed by atoms with E-state index in [1.165, 1.54) is 6.92 Å². The molecule has 0 amide bonds. The van der Waals surface area contributed by atoms with Gasteiger partial charge in [-0.3, -0.25) is 0 Å². The van der Waals surface area contributed by atoms with Crippen molar-refractivity contribution >= 4 is 16.9 Å². The second-order valence-corrected chi connectivity index (χ2v) is 4.77. The van der Waals surface area contributed by atoms with Crippen LogP contribution in [0, 0.1) is 0 Å². The van der Waals surface area contributed by atoms with Crippen molar-refractivity contribution in [2.75, 3.05) is 0 Å². The molecule has 2 aromatic carbocycles. The topological polar surface area (TPSA) is 59.7 Å². The number of ether oxygens (including phenoxy) is 1. The Labute approximate surface area is 121 Å². The highest BCUT2D eigenvalue weighted by Gasteiger charge is 2.13. The second kappa shape index (κ2) is 5.32. The summed E-state index contributed by atoms with van der Waals surface area (Å²) in [5.74, 6) is 0.233. The highest BCUT2D eigenvalue weighted by atomic mass is 16.5. The lowest BCUT2D eigenvalue weighted by molar-refractivity contribution is -0.144. The molecule has 0 fully saturated rings. The van der Waals surface area contributed by atoms with Crippen LogP contribution in [0.1, 0.15) is 6.92 Å². The largest absolute Gasteiger partial charge is 0.479 e. The maximum atomic E-state index is 10.8. The molecule has 4 nitrogen and oxygen atoms in total. The third-order valence-corrected chi connectivity index (χ3v) is 3.20. The van der Waals surface area contributed by atoms with E-state index >= 15 is 0 Å². The molecule has 1 heterocycles. The zero-order valence-electron chi connectivity index (χ0n) is 11.4. The molecule has 4 heteroatoms. The zero-order valence-corrected chi connectivity index (χ0v) is 11.4. The van der Waals surface area contributed by atoms with Gasteiger partial charge in [-0.1, -0.05) is 30.3 Å². The molecule has 0 saturated heterocycles. The highest BCUT2D eigenvalue weighted by Crippen LogP contribution is 2.29. The number of carboxylic acids is 1. The van der Waals surface area contributed by atoms with Gasteiger partial charge in [0, 0.05) is 10.9 Å². The smallest absolute Gasteiger partial charge is 0.344 e. The van der Waals surface area contributed by atoms with Crippen molar-refractivity contribution in [3.8, 4) is 17.1 Å². The lowest BCUT2D eigenvalue weighted by atomic mass is 10.1. The molecule has 106 valence electrons. The third-order valence-electron chi connectivity index (χ3n) is 3.20. The van der Waals surface area contributed by atoms with Gasteiger partial charge in [-0.05, 0) is 31.2 Å². The molecule has 0 aliphatic rings. The molecule has 0 bridgehead atoms. The van der Waals surface area contributed by atoms with Crippen LogP contribution in [-0.4, -0.2) is 17.2 Å². The first-order chi connectivity index (χ1) is 10.1. The molecule has 0 aliphatic carbocycles. The Bertz CT molecular complexity index is 755. The molecular formula is C17H14O4. The molecule has 0 saturated carbocycles. The number of para-hydroxylation sites is 1. The van der Waals surface area contributed by atoms with Crippen LogP contribution in [0.3, 0.4) is 0 Å². The lowest BCUT2D eigenvalue weighted by Crippen LogP contribution is -2.22. The Kier molecular flexibility index (Phi) is 3.36. The fraction of sp³-hybridized carbons (Fsp3) is 0.118. The number of rotatable bonds is 4. The molecule has 3 aromatic rings. The molecule has 1 atom stereocenters. The second-order valence-electron chi connectivity index (χ2n) is 4.77. The number of aliphatic carboxylic acids is 1. The van der Waals surface area contributed by atoms with Crippen molar-refractivity contribution in [3.63, 3.8) is 0 Å². The van der Waals surface area contributed by atoms with Gasteiger partial charge in [-0.15, -0.1) is 0 Å². The van der Waals surface area contributed by atoms with E-state index < -0.39 is 12.1 Å². The van der Waals surface area contributed by atoms with Crippen molar-refractivity contribution in [1.29, 1.82) is 0 Å². The fourth-order valence-electron chi connectivity index (χ4n) is 2.10. The lowest BCUT2D eigenvalue weighted by Gasteiger charge is -2.10. The van der Waals surface area contributed by atoms with Gasteiger partial charge in [-0.25, -0.2) is 4.79 Å². The number of hydrogen-bond acceptors (Lipinski definition) is 3.